The summed E-state index contributed by atoms with van der Waals surface area (Å²) in [6, 6.07) is 13.6. The topological polar surface area (TPSA) is 91.3 Å². The number of likely N-dealkylation sites (tertiary alicyclic amines) is 1. The van der Waals surface area contributed by atoms with Crippen molar-refractivity contribution in [3.63, 3.8) is 0 Å². The fourth-order valence-electron chi connectivity index (χ4n) is 4.02. The molecule has 1 amide bonds. The molecule has 2 saturated heterocycles. The van der Waals surface area contributed by atoms with Crippen molar-refractivity contribution in [1.29, 1.82) is 0 Å². The molecular formula is C24H30N4O4S. The molecule has 2 aliphatic heterocycles. The fourth-order valence-corrected chi connectivity index (χ4v) is 5.16. The third-order valence-corrected chi connectivity index (χ3v) is 7.26. The number of carbonyl (C=O) groups excluding carboxylic acids is 1. The van der Waals surface area contributed by atoms with Crippen molar-refractivity contribution >= 4 is 33.1 Å². The molecule has 4 rings (SSSR count). The molecule has 0 unspecified atom stereocenters. The molecule has 0 spiro atoms. The quantitative estimate of drug-likeness (QED) is 0.721. The van der Waals surface area contributed by atoms with Crippen LogP contribution in [0.4, 0.5) is 11.4 Å². The number of benzene rings is 2. The standard InChI is InChI=1S/C24H30N4O4S/c1-27-13-4-2-3-8-23(27)26-33(30,31)22-7-5-6-20(18-22)25-24(29)19-9-11-21(12-10-19)28-14-16-32-17-15-28/h5-7,9-12,18H,2-4,8,13-17H2,1H3,(H,25,29)/b26-23+. The third-order valence-electron chi connectivity index (χ3n) is 5.96. The number of hydrogen-bond acceptors (Lipinski definition) is 5. The number of rotatable bonds is 5. The zero-order valence-corrected chi connectivity index (χ0v) is 19.7. The maximum Gasteiger partial charge on any atom is 0.284 e. The summed E-state index contributed by atoms with van der Waals surface area (Å²) >= 11 is 0. The zero-order valence-electron chi connectivity index (χ0n) is 18.9. The molecule has 0 bridgehead atoms. The maximum atomic E-state index is 12.9. The van der Waals surface area contributed by atoms with Gasteiger partial charge in [0.1, 0.15) is 5.84 Å². The summed E-state index contributed by atoms with van der Waals surface area (Å²) in [5.74, 6) is 0.287. The van der Waals surface area contributed by atoms with E-state index in [1.807, 2.05) is 24.1 Å². The number of hydrogen-bond donors (Lipinski definition) is 1. The summed E-state index contributed by atoms with van der Waals surface area (Å²) in [7, 11) is -2.00. The molecule has 0 atom stereocenters. The number of amidine groups is 1. The first-order chi connectivity index (χ1) is 15.9. The van der Waals surface area contributed by atoms with Crippen LogP contribution in [-0.4, -0.2) is 65.0 Å². The minimum absolute atomic E-state index is 0.0631. The number of amides is 1. The first kappa shape index (κ1) is 23.3. The van der Waals surface area contributed by atoms with Crippen LogP contribution in [0.2, 0.25) is 0 Å². The van der Waals surface area contributed by atoms with Crippen molar-refractivity contribution in [1.82, 2.24) is 4.90 Å². The monoisotopic (exact) mass is 470 g/mol. The van der Waals surface area contributed by atoms with Crippen molar-refractivity contribution in [2.75, 3.05) is 50.1 Å². The lowest BCUT2D eigenvalue weighted by atomic mass is 10.1. The van der Waals surface area contributed by atoms with Gasteiger partial charge in [0.05, 0.1) is 18.1 Å². The number of anilines is 2. The van der Waals surface area contributed by atoms with E-state index in [9.17, 15) is 13.2 Å². The van der Waals surface area contributed by atoms with Crippen LogP contribution in [0.25, 0.3) is 0 Å². The molecule has 2 fully saturated rings. The van der Waals surface area contributed by atoms with E-state index < -0.39 is 10.0 Å². The van der Waals surface area contributed by atoms with Gasteiger partial charge < -0.3 is 19.9 Å². The Bertz CT molecular complexity index is 1110. The Hall–Kier alpha value is -2.91. The SMILES string of the molecule is CN1CCCCC/C1=N\S(=O)(=O)c1cccc(NC(=O)c2ccc(N3CCOCC3)cc2)c1. The highest BCUT2D eigenvalue weighted by Crippen LogP contribution is 2.21. The van der Waals surface area contributed by atoms with Gasteiger partial charge in [-0.3, -0.25) is 4.79 Å². The van der Waals surface area contributed by atoms with Gasteiger partial charge in [-0.15, -0.1) is 4.40 Å². The molecule has 176 valence electrons. The number of nitrogens with one attached hydrogen (secondary N) is 1. The second kappa shape index (κ2) is 10.4. The van der Waals surface area contributed by atoms with E-state index in [0.29, 0.717) is 36.7 Å². The number of morpholine rings is 1. The van der Waals surface area contributed by atoms with Crippen LogP contribution >= 0.6 is 0 Å². The van der Waals surface area contributed by atoms with Gasteiger partial charge in [0.2, 0.25) is 0 Å². The first-order valence-corrected chi connectivity index (χ1v) is 12.8. The molecule has 2 aromatic carbocycles. The van der Waals surface area contributed by atoms with Gasteiger partial charge in [-0.2, -0.15) is 8.42 Å². The van der Waals surface area contributed by atoms with Gasteiger partial charge in [-0.05, 0) is 55.3 Å². The average molecular weight is 471 g/mol. The molecule has 0 aliphatic carbocycles. The van der Waals surface area contributed by atoms with E-state index in [1.54, 1.807) is 24.3 Å². The Labute approximate surface area is 195 Å². The largest absolute Gasteiger partial charge is 0.378 e. The number of carbonyl (C=O) groups is 1. The van der Waals surface area contributed by atoms with Gasteiger partial charge in [0, 0.05) is 50.0 Å². The van der Waals surface area contributed by atoms with Gasteiger partial charge in [-0.1, -0.05) is 12.5 Å². The second-order valence-corrected chi connectivity index (χ2v) is 9.95. The van der Waals surface area contributed by atoms with E-state index in [-0.39, 0.29) is 10.8 Å². The Morgan fingerprint density at radius 1 is 1.00 bits per heavy atom. The van der Waals surface area contributed by atoms with Crippen LogP contribution in [0.15, 0.2) is 57.8 Å². The predicted octanol–water partition coefficient (Wildman–Crippen LogP) is 3.37. The van der Waals surface area contributed by atoms with E-state index in [2.05, 4.69) is 14.6 Å². The second-order valence-electron chi connectivity index (χ2n) is 8.34. The maximum absolute atomic E-state index is 12.9. The molecule has 0 radical (unpaired) electrons. The van der Waals surface area contributed by atoms with E-state index in [4.69, 9.17) is 4.74 Å². The molecule has 0 aromatic heterocycles. The van der Waals surface area contributed by atoms with Gasteiger partial charge >= 0.3 is 0 Å². The van der Waals surface area contributed by atoms with Crippen molar-refractivity contribution < 1.29 is 17.9 Å². The van der Waals surface area contributed by atoms with Crippen LogP contribution in [0, 0.1) is 0 Å². The number of sulfonamides is 1. The van der Waals surface area contributed by atoms with Crippen LogP contribution in [0.5, 0.6) is 0 Å². The van der Waals surface area contributed by atoms with Crippen molar-refractivity contribution in [3.8, 4) is 0 Å². The van der Waals surface area contributed by atoms with Crippen molar-refractivity contribution in [2.24, 2.45) is 4.40 Å². The molecule has 2 aliphatic rings. The molecule has 2 heterocycles. The summed E-state index contributed by atoms with van der Waals surface area (Å²) in [5.41, 5.74) is 1.96. The number of ether oxygens (including phenoxy) is 1. The summed E-state index contributed by atoms with van der Waals surface area (Å²) < 4.78 is 35.3. The van der Waals surface area contributed by atoms with Gasteiger partial charge in [-0.25, -0.2) is 0 Å². The van der Waals surface area contributed by atoms with E-state index in [1.165, 1.54) is 12.1 Å². The van der Waals surface area contributed by atoms with Crippen LogP contribution in [-0.2, 0) is 14.8 Å². The highest BCUT2D eigenvalue weighted by Gasteiger charge is 2.19. The molecule has 8 nitrogen and oxygen atoms in total. The molecule has 1 N–H and O–H groups in total. The number of nitrogens with zero attached hydrogens (tertiary/aromatic N) is 3. The third kappa shape index (κ3) is 5.91. The van der Waals surface area contributed by atoms with Crippen molar-refractivity contribution in [3.05, 3.63) is 54.1 Å². The zero-order chi connectivity index (χ0) is 23.3. The Balaban J connectivity index is 1.46. The highest BCUT2D eigenvalue weighted by molar-refractivity contribution is 7.90. The molecule has 2 aromatic rings. The molecule has 33 heavy (non-hydrogen) atoms. The van der Waals surface area contributed by atoms with Crippen LogP contribution < -0.4 is 10.2 Å². The lowest BCUT2D eigenvalue weighted by Gasteiger charge is -2.28. The Morgan fingerprint density at radius 2 is 1.76 bits per heavy atom. The molecule has 0 saturated carbocycles. The fraction of sp³-hybridized carbons (Fsp3) is 0.417. The lowest BCUT2D eigenvalue weighted by molar-refractivity contribution is 0.102. The minimum Gasteiger partial charge on any atom is -0.378 e. The molecular weight excluding hydrogens is 440 g/mol. The average Bonchev–Trinajstić information content (AvgIpc) is 3.03. The Kier molecular flexibility index (Phi) is 7.29. The van der Waals surface area contributed by atoms with Crippen LogP contribution in [0.3, 0.4) is 0 Å². The first-order valence-electron chi connectivity index (χ1n) is 11.3. The summed E-state index contributed by atoms with van der Waals surface area (Å²) in [6.45, 7) is 3.85. The highest BCUT2D eigenvalue weighted by atomic mass is 32.2. The normalized spacial score (nSPS) is 18.8. The van der Waals surface area contributed by atoms with Crippen molar-refractivity contribution in [2.45, 2.75) is 30.6 Å². The predicted molar refractivity (Wildman–Crippen MR) is 130 cm³/mol. The summed E-state index contributed by atoms with van der Waals surface area (Å²) in [4.78, 5) is 16.9. The van der Waals surface area contributed by atoms with E-state index in [0.717, 1.165) is 44.6 Å². The smallest absolute Gasteiger partial charge is 0.284 e. The van der Waals surface area contributed by atoms with Crippen LogP contribution in [0.1, 0.15) is 36.0 Å². The Morgan fingerprint density at radius 3 is 2.52 bits per heavy atom. The van der Waals surface area contributed by atoms with E-state index >= 15 is 0 Å². The summed E-state index contributed by atoms with van der Waals surface area (Å²) in [6.07, 6.45) is 3.68. The lowest BCUT2D eigenvalue weighted by Crippen LogP contribution is -2.36. The molecule has 9 heteroatoms. The minimum atomic E-state index is -3.87. The van der Waals surface area contributed by atoms with Gasteiger partial charge in [0.15, 0.2) is 0 Å². The summed E-state index contributed by atoms with van der Waals surface area (Å²) in [5, 5.41) is 2.80. The van der Waals surface area contributed by atoms with Gasteiger partial charge in [0.25, 0.3) is 15.9 Å².